The average Bonchev–Trinajstić information content (AvgIpc) is 2.82. The second-order valence-electron chi connectivity index (χ2n) is 9.12. The fourth-order valence-electron chi connectivity index (χ4n) is 4.51. The molecule has 0 radical (unpaired) electrons. The molecule has 0 atom stereocenters. The molecule has 0 aliphatic carbocycles. The molecule has 3 heterocycles. The summed E-state index contributed by atoms with van der Waals surface area (Å²) in [6, 6.07) is 21.0. The van der Waals surface area contributed by atoms with Gasteiger partial charge in [-0.05, 0) is 48.9 Å². The van der Waals surface area contributed by atoms with Crippen LogP contribution in [-0.2, 0) is 22.0 Å². The third kappa shape index (κ3) is 4.80. The summed E-state index contributed by atoms with van der Waals surface area (Å²) in [5.41, 5.74) is 2.18. The van der Waals surface area contributed by atoms with Gasteiger partial charge in [-0.3, -0.25) is 14.8 Å². The van der Waals surface area contributed by atoms with Gasteiger partial charge >= 0.3 is 0 Å². The number of likely N-dealkylation sites (tertiary alicyclic amines) is 1. The predicted molar refractivity (Wildman–Crippen MR) is 133 cm³/mol. The number of sulfone groups is 1. The molecule has 1 aliphatic heterocycles. The molecule has 0 spiro atoms. The Morgan fingerprint density at radius 3 is 2.46 bits per heavy atom. The van der Waals surface area contributed by atoms with Crippen molar-refractivity contribution in [2.45, 2.75) is 29.6 Å². The van der Waals surface area contributed by atoms with Crippen LogP contribution in [0, 0.1) is 6.92 Å². The van der Waals surface area contributed by atoms with Crippen molar-refractivity contribution in [2.75, 3.05) is 13.1 Å². The van der Waals surface area contributed by atoms with Gasteiger partial charge in [-0.25, -0.2) is 8.42 Å². The van der Waals surface area contributed by atoms with E-state index in [4.69, 9.17) is 0 Å². The smallest absolute Gasteiger partial charge is 0.254 e. The van der Waals surface area contributed by atoms with Crippen molar-refractivity contribution in [3.63, 3.8) is 0 Å². The number of aryl methyl sites for hydroxylation is 1. The molecule has 0 bridgehead atoms. The van der Waals surface area contributed by atoms with Crippen LogP contribution >= 0.6 is 0 Å². The maximum atomic E-state index is 13.1. The maximum absolute atomic E-state index is 13.1. The number of rotatable bonds is 6. The fraction of sp³-hybridized carbons (Fsp3) is 0.222. The monoisotopic (exact) mass is 487 g/mol. The van der Waals surface area contributed by atoms with Crippen LogP contribution in [0.5, 0.6) is 0 Å². The van der Waals surface area contributed by atoms with Crippen LogP contribution in [0.15, 0.2) is 83.9 Å². The lowest BCUT2D eigenvalue weighted by Gasteiger charge is -2.46. The van der Waals surface area contributed by atoms with E-state index in [0.717, 1.165) is 16.8 Å². The Labute approximate surface area is 204 Å². The molecule has 178 valence electrons. The van der Waals surface area contributed by atoms with E-state index >= 15 is 0 Å². The van der Waals surface area contributed by atoms with Crippen molar-refractivity contribution in [1.82, 2.24) is 14.9 Å². The SMILES string of the molecule is Cc1cccc(CC2(O)CN(C(=O)c3ccc(CS(=O)(=O)c4cccc5cccnc45)cc3)C2)n1. The maximum Gasteiger partial charge on any atom is 0.254 e. The summed E-state index contributed by atoms with van der Waals surface area (Å²) in [7, 11) is -3.63. The summed E-state index contributed by atoms with van der Waals surface area (Å²) in [6.45, 7) is 2.36. The highest BCUT2D eigenvalue weighted by molar-refractivity contribution is 7.90. The van der Waals surface area contributed by atoms with E-state index in [1.165, 1.54) is 0 Å². The summed E-state index contributed by atoms with van der Waals surface area (Å²) < 4.78 is 26.2. The topological polar surface area (TPSA) is 100 Å². The number of para-hydroxylation sites is 1. The lowest BCUT2D eigenvalue weighted by atomic mass is 9.88. The normalized spacial score (nSPS) is 15.1. The first kappa shape index (κ1) is 23.1. The van der Waals surface area contributed by atoms with Crippen molar-refractivity contribution >= 4 is 26.6 Å². The molecule has 2 aromatic carbocycles. The predicted octanol–water partition coefficient (Wildman–Crippen LogP) is 3.34. The largest absolute Gasteiger partial charge is 0.386 e. The minimum absolute atomic E-state index is 0.190. The number of aliphatic hydroxyl groups is 1. The summed E-state index contributed by atoms with van der Waals surface area (Å²) in [6.07, 6.45) is 1.97. The molecule has 1 fully saturated rings. The average molecular weight is 488 g/mol. The van der Waals surface area contributed by atoms with Crippen LogP contribution in [0.1, 0.15) is 27.3 Å². The summed E-state index contributed by atoms with van der Waals surface area (Å²) in [4.78, 5) is 23.3. The molecule has 8 heteroatoms. The Morgan fingerprint density at radius 1 is 1.00 bits per heavy atom. The second-order valence-corrected chi connectivity index (χ2v) is 11.1. The number of amides is 1. The number of hydrogen-bond acceptors (Lipinski definition) is 6. The van der Waals surface area contributed by atoms with Crippen molar-refractivity contribution in [3.8, 4) is 0 Å². The molecular formula is C27H25N3O4S. The minimum atomic E-state index is -3.63. The zero-order chi connectivity index (χ0) is 24.6. The van der Waals surface area contributed by atoms with E-state index in [0.29, 0.717) is 23.1 Å². The Kier molecular flexibility index (Phi) is 5.86. The number of benzene rings is 2. The number of fused-ring (bicyclic) bond motifs is 1. The summed E-state index contributed by atoms with van der Waals surface area (Å²) in [5.74, 6) is -0.385. The molecule has 0 unspecified atom stereocenters. The van der Waals surface area contributed by atoms with E-state index in [2.05, 4.69) is 9.97 Å². The minimum Gasteiger partial charge on any atom is -0.386 e. The molecule has 35 heavy (non-hydrogen) atoms. The fourth-order valence-corrected chi connectivity index (χ4v) is 6.04. The van der Waals surface area contributed by atoms with E-state index in [1.54, 1.807) is 53.6 Å². The summed E-state index contributed by atoms with van der Waals surface area (Å²) >= 11 is 0. The standard InChI is InChI=1S/C27H25N3O4S/c1-19-5-2-8-23(29-19)15-27(32)17-30(18-27)26(31)22-12-10-20(11-13-22)16-35(33,34)24-9-3-6-21-7-4-14-28-25(21)24/h2-14,32H,15-18H2,1H3. The number of aromatic nitrogens is 2. The molecule has 1 N–H and O–H groups in total. The van der Waals surface area contributed by atoms with Gasteiger partial charge in [-0.15, -0.1) is 0 Å². The third-order valence-electron chi connectivity index (χ3n) is 6.20. The van der Waals surface area contributed by atoms with Gasteiger partial charge in [0.15, 0.2) is 9.84 Å². The van der Waals surface area contributed by atoms with Gasteiger partial charge in [0.05, 0.1) is 29.3 Å². The van der Waals surface area contributed by atoms with Crippen molar-refractivity contribution in [1.29, 1.82) is 0 Å². The first-order valence-electron chi connectivity index (χ1n) is 11.3. The molecule has 1 aliphatic rings. The Balaban J connectivity index is 1.25. The van der Waals surface area contributed by atoms with Gasteiger partial charge in [0.2, 0.25) is 0 Å². The van der Waals surface area contributed by atoms with Crippen molar-refractivity contribution in [3.05, 3.63) is 102 Å². The molecule has 4 aromatic rings. The molecule has 5 rings (SSSR count). The third-order valence-corrected chi connectivity index (χ3v) is 7.92. The van der Waals surface area contributed by atoms with Gasteiger partial charge < -0.3 is 10.0 Å². The highest BCUT2D eigenvalue weighted by Gasteiger charge is 2.44. The highest BCUT2D eigenvalue weighted by Crippen LogP contribution is 2.27. The summed E-state index contributed by atoms with van der Waals surface area (Å²) in [5, 5.41) is 11.5. The number of carbonyl (C=O) groups excluding carboxylic acids is 1. The molecule has 0 saturated carbocycles. The molecule has 1 amide bonds. The van der Waals surface area contributed by atoms with Crippen LogP contribution in [-0.4, -0.2) is 53.0 Å². The number of β-amino-alcohol motifs (C(OH)–C–C–N with tert-alkyl or cyclic N) is 1. The molecule has 2 aromatic heterocycles. The number of pyridine rings is 2. The molecule has 1 saturated heterocycles. The van der Waals surface area contributed by atoms with Gasteiger partial charge in [0, 0.05) is 35.0 Å². The Hall–Kier alpha value is -3.62. The zero-order valence-electron chi connectivity index (χ0n) is 19.3. The van der Waals surface area contributed by atoms with Crippen molar-refractivity contribution < 1.29 is 18.3 Å². The first-order chi connectivity index (χ1) is 16.7. The molecule has 7 nitrogen and oxygen atoms in total. The Morgan fingerprint density at radius 2 is 1.71 bits per heavy atom. The highest BCUT2D eigenvalue weighted by atomic mass is 32.2. The van der Waals surface area contributed by atoms with Gasteiger partial charge in [-0.1, -0.05) is 36.4 Å². The second kappa shape index (κ2) is 8.87. The van der Waals surface area contributed by atoms with Gasteiger partial charge in [0.25, 0.3) is 5.91 Å². The van der Waals surface area contributed by atoms with E-state index in [1.807, 2.05) is 37.3 Å². The van der Waals surface area contributed by atoms with E-state index < -0.39 is 15.4 Å². The lowest BCUT2D eigenvalue weighted by molar-refractivity contribution is -0.0805. The van der Waals surface area contributed by atoms with E-state index in [-0.39, 0.29) is 29.6 Å². The quantitative estimate of drug-likeness (QED) is 0.448. The number of carbonyl (C=O) groups is 1. The lowest BCUT2D eigenvalue weighted by Crippen LogP contribution is -2.64. The Bertz CT molecular complexity index is 1510. The number of hydrogen-bond donors (Lipinski definition) is 1. The zero-order valence-corrected chi connectivity index (χ0v) is 20.1. The number of nitrogens with zero attached hydrogens (tertiary/aromatic N) is 3. The van der Waals surface area contributed by atoms with Gasteiger partial charge in [0.1, 0.15) is 5.60 Å². The van der Waals surface area contributed by atoms with Crippen LogP contribution in [0.3, 0.4) is 0 Å². The van der Waals surface area contributed by atoms with Crippen molar-refractivity contribution in [2.24, 2.45) is 0 Å². The van der Waals surface area contributed by atoms with Crippen LogP contribution < -0.4 is 0 Å². The molecular weight excluding hydrogens is 462 g/mol. The van der Waals surface area contributed by atoms with Crippen LogP contribution in [0.25, 0.3) is 10.9 Å². The van der Waals surface area contributed by atoms with E-state index in [9.17, 15) is 18.3 Å². The van der Waals surface area contributed by atoms with Gasteiger partial charge in [-0.2, -0.15) is 0 Å². The van der Waals surface area contributed by atoms with Crippen LogP contribution in [0.4, 0.5) is 0 Å². The first-order valence-corrected chi connectivity index (χ1v) is 13.0. The van der Waals surface area contributed by atoms with Crippen LogP contribution in [0.2, 0.25) is 0 Å².